The van der Waals surface area contributed by atoms with Gasteiger partial charge in [0.15, 0.2) is 5.43 Å². The average molecular weight is 403 g/mol. The summed E-state index contributed by atoms with van der Waals surface area (Å²) in [5.41, 5.74) is 1.43. The van der Waals surface area contributed by atoms with Gasteiger partial charge in [0.2, 0.25) is 5.76 Å². The lowest BCUT2D eigenvalue weighted by atomic mass is 9.98. The molecule has 0 fully saturated rings. The maximum Gasteiger partial charge on any atom is 0.291 e. The first-order valence-electron chi connectivity index (χ1n) is 10.2. The topological polar surface area (TPSA) is 59.8 Å². The molecule has 0 N–H and O–H groups in total. The molecule has 5 nitrogen and oxygen atoms in total. The Kier molecular flexibility index (Phi) is 5.44. The molecule has 4 rings (SSSR count). The Morgan fingerprint density at radius 1 is 1.17 bits per heavy atom. The number of carbonyl (C=O) groups is 1. The van der Waals surface area contributed by atoms with Crippen molar-refractivity contribution in [2.45, 2.75) is 26.3 Å². The van der Waals surface area contributed by atoms with E-state index in [1.54, 1.807) is 35.2 Å². The smallest absolute Gasteiger partial charge is 0.291 e. The molecular weight excluding hydrogens is 378 g/mol. The van der Waals surface area contributed by atoms with Crippen LogP contribution in [0.1, 0.15) is 48.0 Å². The number of fused-ring (bicyclic) bond motifs is 2. The molecule has 30 heavy (non-hydrogen) atoms. The van der Waals surface area contributed by atoms with E-state index in [0.29, 0.717) is 35.6 Å². The molecule has 154 valence electrons. The zero-order valence-corrected chi connectivity index (χ0v) is 17.3. The quantitative estimate of drug-likeness (QED) is 0.524. The number of nitrogens with zero attached hydrogens (tertiary/aromatic N) is 1. The summed E-state index contributed by atoms with van der Waals surface area (Å²) < 4.78 is 11.8. The largest absolute Gasteiger partial charge is 0.494 e. The zero-order chi connectivity index (χ0) is 21.3. The summed E-state index contributed by atoms with van der Waals surface area (Å²) in [4.78, 5) is 28.1. The first-order chi connectivity index (χ1) is 14.5. The van der Waals surface area contributed by atoms with Crippen molar-refractivity contribution in [1.29, 1.82) is 0 Å². The Balaban J connectivity index is 1.81. The van der Waals surface area contributed by atoms with Gasteiger partial charge in [-0.15, -0.1) is 6.58 Å². The third-order valence-corrected chi connectivity index (χ3v) is 5.34. The molecule has 1 amide bonds. The van der Waals surface area contributed by atoms with Crippen LogP contribution in [0.5, 0.6) is 5.75 Å². The first-order valence-corrected chi connectivity index (χ1v) is 10.2. The standard InChI is InChI=1S/C25H25NO4/c1-4-13-26-22(17-8-7-9-18(15-17)29-14-12-16(2)3)21-23(27)19-10-5-6-11-20(19)30-24(21)25(26)28/h4-11,15-16,22H,1,12-14H2,2-3H3/t22-/m0/s1. The number of ether oxygens (including phenoxy) is 1. The highest BCUT2D eigenvalue weighted by Crippen LogP contribution is 2.38. The summed E-state index contributed by atoms with van der Waals surface area (Å²) in [7, 11) is 0. The molecule has 5 heteroatoms. The van der Waals surface area contributed by atoms with E-state index < -0.39 is 6.04 Å². The van der Waals surface area contributed by atoms with Crippen molar-refractivity contribution in [1.82, 2.24) is 4.90 Å². The fourth-order valence-electron chi connectivity index (χ4n) is 3.83. The Hall–Kier alpha value is -3.34. The molecule has 0 bridgehead atoms. The van der Waals surface area contributed by atoms with E-state index in [9.17, 15) is 9.59 Å². The van der Waals surface area contributed by atoms with Crippen LogP contribution in [-0.4, -0.2) is 24.0 Å². The summed E-state index contributed by atoms with van der Waals surface area (Å²) in [6.45, 7) is 9.00. The average Bonchev–Trinajstić information content (AvgIpc) is 3.01. The monoisotopic (exact) mass is 403 g/mol. The van der Waals surface area contributed by atoms with Gasteiger partial charge in [-0.05, 0) is 42.2 Å². The Morgan fingerprint density at radius 3 is 2.73 bits per heavy atom. The number of hydrogen-bond acceptors (Lipinski definition) is 4. The van der Waals surface area contributed by atoms with Crippen molar-refractivity contribution >= 4 is 16.9 Å². The van der Waals surface area contributed by atoms with Gasteiger partial charge in [-0.3, -0.25) is 9.59 Å². The number of carbonyl (C=O) groups excluding carboxylic acids is 1. The molecule has 0 radical (unpaired) electrons. The van der Waals surface area contributed by atoms with Crippen LogP contribution in [0, 0.1) is 5.92 Å². The van der Waals surface area contributed by atoms with Gasteiger partial charge in [-0.2, -0.15) is 0 Å². The fourth-order valence-corrected chi connectivity index (χ4v) is 3.83. The molecule has 0 aliphatic carbocycles. The molecule has 1 aliphatic rings. The third-order valence-electron chi connectivity index (χ3n) is 5.34. The number of para-hydroxylation sites is 1. The van der Waals surface area contributed by atoms with E-state index in [1.165, 1.54) is 0 Å². The Morgan fingerprint density at radius 2 is 1.97 bits per heavy atom. The zero-order valence-electron chi connectivity index (χ0n) is 17.3. The van der Waals surface area contributed by atoms with Crippen LogP contribution in [0.3, 0.4) is 0 Å². The van der Waals surface area contributed by atoms with Crippen molar-refractivity contribution in [3.8, 4) is 5.75 Å². The fraction of sp³-hybridized carbons (Fsp3) is 0.280. The van der Waals surface area contributed by atoms with Crippen LogP contribution in [0.2, 0.25) is 0 Å². The van der Waals surface area contributed by atoms with Gasteiger partial charge < -0.3 is 14.1 Å². The molecule has 2 aromatic carbocycles. The molecule has 0 spiro atoms. The summed E-state index contributed by atoms with van der Waals surface area (Å²) in [5, 5.41) is 0.471. The molecule has 1 atom stereocenters. The minimum atomic E-state index is -0.542. The summed E-state index contributed by atoms with van der Waals surface area (Å²) in [6.07, 6.45) is 2.61. The van der Waals surface area contributed by atoms with Gasteiger partial charge in [-0.1, -0.05) is 44.2 Å². The Labute approximate surface area is 175 Å². The Bertz CT molecular complexity index is 1160. The third kappa shape index (κ3) is 3.52. The van der Waals surface area contributed by atoms with Crippen molar-refractivity contribution in [3.05, 3.63) is 88.3 Å². The van der Waals surface area contributed by atoms with Gasteiger partial charge in [-0.25, -0.2) is 0 Å². The molecule has 1 aromatic heterocycles. The van der Waals surface area contributed by atoms with E-state index in [-0.39, 0.29) is 17.1 Å². The van der Waals surface area contributed by atoms with E-state index in [2.05, 4.69) is 20.4 Å². The molecular formula is C25H25NO4. The van der Waals surface area contributed by atoms with E-state index in [1.807, 2.05) is 24.3 Å². The van der Waals surface area contributed by atoms with Crippen molar-refractivity contribution in [3.63, 3.8) is 0 Å². The van der Waals surface area contributed by atoms with Crippen LogP contribution in [0.25, 0.3) is 11.0 Å². The van der Waals surface area contributed by atoms with E-state index in [4.69, 9.17) is 9.15 Å². The van der Waals surface area contributed by atoms with Crippen LogP contribution < -0.4 is 10.2 Å². The maximum absolute atomic E-state index is 13.3. The normalized spacial score (nSPS) is 15.6. The van der Waals surface area contributed by atoms with Gasteiger partial charge in [0, 0.05) is 6.54 Å². The predicted octanol–water partition coefficient (Wildman–Crippen LogP) is 4.95. The van der Waals surface area contributed by atoms with E-state index in [0.717, 1.165) is 17.7 Å². The van der Waals surface area contributed by atoms with Crippen LogP contribution >= 0.6 is 0 Å². The van der Waals surface area contributed by atoms with Crippen LogP contribution in [-0.2, 0) is 0 Å². The van der Waals surface area contributed by atoms with Crippen molar-refractivity contribution < 1.29 is 13.9 Å². The maximum atomic E-state index is 13.3. The number of hydrogen-bond donors (Lipinski definition) is 0. The van der Waals surface area contributed by atoms with Crippen molar-refractivity contribution in [2.75, 3.05) is 13.2 Å². The minimum Gasteiger partial charge on any atom is -0.494 e. The molecule has 3 aromatic rings. The second-order valence-corrected chi connectivity index (χ2v) is 7.92. The lowest BCUT2D eigenvalue weighted by Gasteiger charge is -2.24. The lowest BCUT2D eigenvalue weighted by molar-refractivity contribution is 0.0748. The lowest BCUT2D eigenvalue weighted by Crippen LogP contribution is -2.29. The molecule has 0 saturated carbocycles. The predicted molar refractivity (Wildman–Crippen MR) is 117 cm³/mol. The summed E-state index contributed by atoms with van der Waals surface area (Å²) in [6, 6.07) is 14.1. The second-order valence-electron chi connectivity index (χ2n) is 7.92. The minimum absolute atomic E-state index is 0.108. The van der Waals surface area contributed by atoms with Gasteiger partial charge in [0.05, 0.1) is 23.6 Å². The van der Waals surface area contributed by atoms with Gasteiger partial charge >= 0.3 is 0 Å². The number of rotatable bonds is 7. The van der Waals surface area contributed by atoms with E-state index >= 15 is 0 Å². The van der Waals surface area contributed by atoms with Crippen LogP contribution in [0.4, 0.5) is 0 Å². The number of amides is 1. The highest BCUT2D eigenvalue weighted by atomic mass is 16.5. The highest BCUT2D eigenvalue weighted by molar-refractivity contribution is 5.99. The molecule has 2 heterocycles. The molecule has 0 saturated heterocycles. The van der Waals surface area contributed by atoms with Gasteiger partial charge in [0.1, 0.15) is 11.3 Å². The second kappa shape index (κ2) is 8.19. The molecule has 1 aliphatic heterocycles. The van der Waals surface area contributed by atoms with Crippen LogP contribution in [0.15, 0.2) is 70.4 Å². The summed E-state index contributed by atoms with van der Waals surface area (Å²) >= 11 is 0. The SMILES string of the molecule is C=CCN1C(=O)c2oc3ccccc3c(=O)c2[C@@H]1c1cccc(OCCC(C)C)c1. The van der Waals surface area contributed by atoms with Crippen molar-refractivity contribution in [2.24, 2.45) is 5.92 Å². The highest BCUT2D eigenvalue weighted by Gasteiger charge is 2.42. The first kappa shape index (κ1) is 20.0. The summed E-state index contributed by atoms with van der Waals surface area (Å²) in [5.74, 6) is 1.08. The number of benzene rings is 2. The molecule has 0 unspecified atom stereocenters. The van der Waals surface area contributed by atoms with Gasteiger partial charge in [0.25, 0.3) is 5.91 Å².